The fraction of sp³-hybridized carbons (Fsp3) is 0.235. The van der Waals surface area contributed by atoms with Crippen LogP contribution in [-0.2, 0) is 15.8 Å². The molecule has 2 aromatic carbocycles. The van der Waals surface area contributed by atoms with E-state index in [2.05, 4.69) is 30.6 Å². The van der Waals surface area contributed by atoms with Crippen LogP contribution in [0, 0.1) is 19.7 Å². The average molecular weight is 624 g/mol. The van der Waals surface area contributed by atoms with Gasteiger partial charge >= 0.3 is 0 Å². The maximum absolute atomic E-state index is 13.7. The van der Waals surface area contributed by atoms with E-state index in [9.17, 15) is 19.1 Å². The minimum absolute atomic E-state index is 0. The number of hydrogen-bond acceptors (Lipinski definition) is 9. The van der Waals surface area contributed by atoms with Crippen molar-refractivity contribution in [3.05, 3.63) is 101 Å². The number of ether oxygens (including phenoxy) is 1. The van der Waals surface area contributed by atoms with Crippen molar-refractivity contribution in [2.45, 2.75) is 38.7 Å². The Morgan fingerprint density at radius 2 is 1.80 bits per heavy atom. The van der Waals surface area contributed by atoms with Gasteiger partial charge in [0.2, 0.25) is 11.9 Å². The van der Waals surface area contributed by atoms with Crippen LogP contribution in [0.3, 0.4) is 0 Å². The Kier molecular flexibility index (Phi) is 7.61. The highest BCUT2D eigenvalue weighted by atomic mass is 19.1. The van der Waals surface area contributed by atoms with E-state index < -0.39 is 28.6 Å². The second kappa shape index (κ2) is 11.5. The Bertz CT molecular complexity index is 2000. The summed E-state index contributed by atoms with van der Waals surface area (Å²) in [6, 6.07) is 16.0. The fourth-order valence-corrected chi connectivity index (χ4v) is 5.43. The van der Waals surface area contributed by atoms with Crippen LogP contribution in [0.5, 0.6) is 5.75 Å². The van der Waals surface area contributed by atoms with Gasteiger partial charge in [-0.2, -0.15) is 0 Å². The van der Waals surface area contributed by atoms with Gasteiger partial charge in [-0.1, -0.05) is 6.07 Å². The number of nitrogens with one attached hydrogen (secondary N) is 2. The van der Waals surface area contributed by atoms with Crippen molar-refractivity contribution >= 4 is 34.4 Å². The van der Waals surface area contributed by atoms with E-state index in [0.29, 0.717) is 50.7 Å². The number of pyridine rings is 2. The van der Waals surface area contributed by atoms with E-state index in [4.69, 9.17) is 10.5 Å². The Morgan fingerprint density at radius 1 is 1.09 bits per heavy atom. The van der Waals surface area contributed by atoms with Crippen LogP contribution < -0.4 is 21.1 Å². The summed E-state index contributed by atoms with van der Waals surface area (Å²) in [4.78, 5) is 44.1. The number of aliphatic hydroxyl groups is 1. The molecular formula is C34H34FN7O4. The van der Waals surface area contributed by atoms with E-state index in [0.717, 1.165) is 11.4 Å². The first kappa shape index (κ1) is 30.5. The highest BCUT2D eigenvalue weighted by Gasteiger charge is 2.45. The largest absolute Gasteiger partial charge is 0.489 e. The Balaban J connectivity index is 0.00000433. The van der Waals surface area contributed by atoms with E-state index >= 15 is 0 Å². The lowest BCUT2D eigenvalue weighted by Crippen LogP contribution is -2.41. The van der Waals surface area contributed by atoms with E-state index in [1.807, 2.05) is 26.0 Å². The Labute approximate surface area is 265 Å². The first-order valence-corrected chi connectivity index (χ1v) is 14.6. The van der Waals surface area contributed by atoms with Crippen molar-refractivity contribution in [1.29, 1.82) is 0 Å². The van der Waals surface area contributed by atoms with Crippen molar-refractivity contribution in [2.75, 3.05) is 18.5 Å². The third-order valence-corrected chi connectivity index (χ3v) is 8.07. The molecule has 3 aromatic heterocycles. The number of nitrogens with two attached hydrogens (primary N) is 1. The Morgan fingerprint density at radius 3 is 2.50 bits per heavy atom. The number of carbonyl (C=O) groups excluding carboxylic acids is 2. The highest BCUT2D eigenvalue weighted by molar-refractivity contribution is 6.02. The van der Waals surface area contributed by atoms with Crippen molar-refractivity contribution in [1.82, 2.24) is 25.3 Å². The second-order valence-corrected chi connectivity index (χ2v) is 11.9. The van der Waals surface area contributed by atoms with Crippen LogP contribution in [0.1, 0.15) is 48.3 Å². The summed E-state index contributed by atoms with van der Waals surface area (Å²) in [6.07, 6.45) is 1.66. The summed E-state index contributed by atoms with van der Waals surface area (Å²) < 4.78 is 19.6. The smallest absolute Gasteiger partial charge is 0.251 e. The van der Waals surface area contributed by atoms with Gasteiger partial charge in [-0.15, -0.1) is 0 Å². The number of aryl methyl sites for hydroxylation is 2. The Hall–Kier alpha value is -5.49. The van der Waals surface area contributed by atoms with E-state index in [1.165, 1.54) is 31.2 Å². The topological polar surface area (TPSA) is 165 Å². The minimum Gasteiger partial charge on any atom is -0.489 e. The van der Waals surface area contributed by atoms with Crippen molar-refractivity contribution < 1.29 is 25.2 Å². The summed E-state index contributed by atoms with van der Waals surface area (Å²) in [5.41, 5.74) is 7.37. The first-order chi connectivity index (χ1) is 21.8. The number of hydrogen-bond donors (Lipinski definition) is 4. The molecule has 2 atom stereocenters. The summed E-state index contributed by atoms with van der Waals surface area (Å²) >= 11 is 0. The van der Waals surface area contributed by atoms with Crippen LogP contribution in [0.25, 0.3) is 22.2 Å². The number of halogens is 1. The zero-order chi connectivity index (χ0) is 32.8. The quantitative estimate of drug-likeness (QED) is 0.193. The summed E-state index contributed by atoms with van der Waals surface area (Å²) in [5, 5.41) is 18.4. The number of rotatable bonds is 8. The van der Waals surface area contributed by atoms with Gasteiger partial charge < -0.3 is 26.2 Å². The molecule has 11 nitrogen and oxygen atoms in total. The number of anilines is 2. The lowest BCUT2D eigenvalue weighted by molar-refractivity contribution is -0.123. The van der Waals surface area contributed by atoms with Crippen molar-refractivity contribution in [2.24, 2.45) is 5.73 Å². The maximum atomic E-state index is 13.7. The molecule has 0 unspecified atom stereocenters. The summed E-state index contributed by atoms with van der Waals surface area (Å²) in [7, 11) is 0. The van der Waals surface area contributed by atoms with Crippen molar-refractivity contribution in [3.63, 3.8) is 0 Å². The first-order valence-electron chi connectivity index (χ1n) is 14.6. The lowest BCUT2D eigenvalue weighted by atomic mass is 9.82. The molecule has 0 aliphatic carbocycles. The van der Waals surface area contributed by atoms with Gasteiger partial charge in [-0.05, 0) is 82.3 Å². The van der Waals surface area contributed by atoms with E-state index in [-0.39, 0.29) is 20.3 Å². The molecule has 1 aliphatic rings. The van der Waals surface area contributed by atoms with Gasteiger partial charge in [0.05, 0.1) is 23.4 Å². The van der Waals surface area contributed by atoms with Crippen LogP contribution >= 0.6 is 0 Å². The molecule has 12 heteroatoms. The van der Waals surface area contributed by atoms with Gasteiger partial charge in [-0.25, -0.2) is 19.3 Å². The second-order valence-electron chi connectivity index (χ2n) is 11.9. The molecule has 0 spiro atoms. The van der Waals surface area contributed by atoms with Gasteiger partial charge in [0.25, 0.3) is 5.91 Å². The molecule has 46 heavy (non-hydrogen) atoms. The number of carbonyl (C=O) groups is 2. The van der Waals surface area contributed by atoms with E-state index in [1.54, 1.807) is 37.4 Å². The molecule has 6 rings (SSSR count). The highest BCUT2D eigenvalue weighted by Crippen LogP contribution is 2.45. The maximum Gasteiger partial charge on any atom is 0.251 e. The number of fused-ring (bicyclic) bond motifs is 2. The molecule has 1 aliphatic heterocycles. The zero-order valence-electron chi connectivity index (χ0n) is 25.7. The molecule has 2 amide bonds. The molecular weight excluding hydrogens is 589 g/mol. The average Bonchev–Trinajstić information content (AvgIpc) is 3.37. The number of benzene rings is 2. The van der Waals surface area contributed by atoms with Gasteiger partial charge in [0.1, 0.15) is 34.9 Å². The van der Waals surface area contributed by atoms with Crippen LogP contribution in [0.4, 0.5) is 16.0 Å². The molecule has 5 N–H and O–H groups in total. The number of primary amides is 1. The van der Waals surface area contributed by atoms with Gasteiger partial charge in [0.15, 0.2) is 0 Å². The standard InChI is InChI=1S/C34H32FN7O4.H2/c1-18-12-19(2)40-32(39-18)41-25-14-22(13-21-6-5-11-37-27(21)25)30(43)38-16-34(4,45)26-15-24-29(46-17-33(24,3)31(36)44)28(42-26)20-7-9-23(35)10-8-20;/h5-15,45H,16-17H2,1-4H3,(H2,36,44)(H,38,43)(H,39,40,41);1H/t33-,34-;/m0./s1. The van der Waals surface area contributed by atoms with Crippen LogP contribution in [0.15, 0.2) is 66.9 Å². The summed E-state index contributed by atoms with van der Waals surface area (Å²) in [6.45, 7) is 6.64. The lowest BCUT2D eigenvalue weighted by Gasteiger charge is -2.26. The molecule has 0 fully saturated rings. The molecule has 0 radical (unpaired) electrons. The number of aromatic nitrogens is 4. The predicted molar refractivity (Wildman–Crippen MR) is 172 cm³/mol. The molecule has 236 valence electrons. The molecule has 0 saturated heterocycles. The monoisotopic (exact) mass is 623 g/mol. The normalized spacial score (nSPS) is 16.7. The predicted octanol–water partition coefficient (Wildman–Crippen LogP) is 4.61. The minimum atomic E-state index is -1.70. The number of nitrogens with zero attached hydrogens (tertiary/aromatic N) is 4. The fourth-order valence-electron chi connectivity index (χ4n) is 5.43. The van der Waals surface area contributed by atoms with Gasteiger partial charge in [-0.3, -0.25) is 14.6 Å². The molecule has 5 aromatic rings. The molecule has 0 saturated carbocycles. The SMILES string of the molecule is Cc1cc(C)nc(Nc2cc(C(=O)NC[C@](C)(O)c3cc4c(c(-c5ccc(F)cc5)n3)OC[C@]4(C)C(N)=O)cc3cccnc23)n1.[HH]. The molecule has 0 bridgehead atoms. The summed E-state index contributed by atoms with van der Waals surface area (Å²) in [5.74, 6) is -0.799. The third kappa shape index (κ3) is 5.70. The van der Waals surface area contributed by atoms with Crippen LogP contribution in [0.2, 0.25) is 0 Å². The van der Waals surface area contributed by atoms with Crippen LogP contribution in [-0.4, -0.2) is 50.0 Å². The number of amides is 2. The molecule has 4 heterocycles. The zero-order valence-corrected chi connectivity index (χ0v) is 25.7. The van der Waals surface area contributed by atoms with Gasteiger partial charge in [0, 0.05) is 41.1 Å². The van der Waals surface area contributed by atoms with Crippen molar-refractivity contribution in [3.8, 4) is 17.0 Å². The third-order valence-electron chi connectivity index (χ3n) is 8.07.